The minimum atomic E-state index is -4.38. The number of rotatable bonds is 3. The molecule has 0 saturated heterocycles. The van der Waals surface area contributed by atoms with E-state index in [-0.39, 0.29) is 12.8 Å². The highest BCUT2D eigenvalue weighted by atomic mass is 35.5. The van der Waals surface area contributed by atoms with Crippen molar-refractivity contribution >= 4 is 23.2 Å². The van der Waals surface area contributed by atoms with Crippen molar-refractivity contribution in [2.24, 2.45) is 5.73 Å². The Morgan fingerprint density at radius 3 is 2.12 bits per heavy atom. The highest BCUT2D eigenvalue weighted by Crippen LogP contribution is 2.28. The summed E-state index contributed by atoms with van der Waals surface area (Å²) in [6.07, 6.45) is -4.50. The van der Waals surface area contributed by atoms with Gasteiger partial charge in [0.05, 0.1) is 0 Å². The largest absolute Gasteiger partial charge is 0.403 e. The summed E-state index contributed by atoms with van der Waals surface area (Å²) >= 11 is 11.6. The Morgan fingerprint density at radius 2 is 1.69 bits per heavy atom. The normalized spacial score (nSPS) is 13.9. The highest BCUT2D eigenvalue weighted by molar-refractivity contribution is 6.35. The van der Waals surface area contributed by atoms with Crippen LogP contribution in [0.4, 0.5) is 13.2 Å². The molecular weight excluding hydrogens is 262 g/mol. The summed E-state index contributed by atoms with van der Waals surface area (Å²) in [7, 11) is 0. The van der Waals surface area contributed by atoms with Crippen molar-refractivity contribution < 1.29 is 13.2 Å². The van der Waals surface area contributed by atoms with Crippen molar-refractivity contribution in [3.05, 3.63) is 33.8 Å². The molecule has 1 unspecified atom stereocenters. The van der Waals surface area contributed by atoms with E-state index in [1.165, 1.54) is 0 Å². The van der Waals surface area contributed by atoms with Gasteiger partial charge in [0.25, 0.3) is 0 Å². The molecule has 0 bridgehead atoms. The smallest absolute Gasteiger partial charge is 0.320 e. The summed E-state index contributed by atoms with van der Waals surface area (Å²) in [5.74, 6) is 0. The van der Waals surface area contributed by atoms with E-state index in [1.807, 2.05) is 0 Å². The molecule has 0 amide bonds. The van der Waals surface area contributed by atoms with Crippen molar-refractivity contribution in [3.63, 3.8) is 0 Å². The molecule has 0 spiro atoms. The Balaban J connectivity index is 2.69. The monoisotopic (exact) mass is 271 g/mol. The average Bonchev–Trinajstić information content (AvgIpc) is 2.15. The van der Waals surface area contributed by atoms with Crippen molar-refractivity contribution in [1.82, 2.24) is 0 Å². The SMILES string of the molecule is NC(CCc1c(Cl)cccc1Cl)C(F)(F)F. The number of hydrogen-bond acceptors (Lipinski definition) is 1. The Morgan fingerprint density at radius 1 is 1.19 bits per heavy atom. The molecule has 0 heterocycles. The van der Waals surface area contributed by atoms with Gasteiger partial charge in [0, 0.05) is 10.0 Å². The van der Waals surface area contributed by atoms with Crippen molar-refractivity contribution in [2.75, 3.05) is 0 Å². The van der Waals surface area contributed by atoms with Crippen LogP contribution in [-0.2, 0) is 6.42 Å². The maximum Gasteiger partial charge on any atom is 0.403 e. The highest BCUT2D eigenvalue weighted by Gasteiger charge is 2.36. The first-order chi connectivity index (χ1) is 7.32. The fourth-order valence-electron chi connectivity index (χ4n) is 1.23. The average molecular weight is 272 g/mol. The minimum absolute atomic E-state index is 0.110. The fourth-order valence-corrected chi connectivity index (χ4v) is 1.82. The minimum Gasteiger partial charge on any atom is -0.320 e. The molecule has 0 fully saturated rings. The van der Waals surface area contributed by atoms with Crippen LogP contribution in [-0.4, -0.2) is 12.2 Å². The quantitative estimate of drug-likeness (QED) is 0.889. The molecule has 2 N–H and O–H groups in total. The van der Waals surface area contributed by atoms with Crippen LogP contribution in [0.2, 0.25) is 10.0 Å². The van der Waals surface area contributed by atoms with E-state index >= 15 is 0 Å². The summed E-state index contributed by atoms with van der Waals surface area (Å²) < 4.78 is 36.5. The molecule has 90 valence electrons. The van der Waals surface area contributed by atoms with Crippen LogP contribution in [0.5, 0.6) is 0 Å². The van der Waals surface area contributed by atoms with E-state index in [2.05, 4.69) is 0 Å². The van der Waals surface area contributed by atoms with Crippen LogP contribution in [0.1, 0.15) is 12.0 Å². The van der Waals surface area contributed by atoms with Gasteiger partial charge in [-0.1, -0.05) is 29.3 Å². The second-order valence-corrected chi connectivity index (χ2v) is 4.20. The van der Waals surface area contributed by atoms with E-state index < -0.39 is 12.2 Å². The van der Waals surface area contributed by atoms with Gasteiger partial charge in [-0.3, -0.25) is 0 Å². The Kier molecular flexibility index (Phi) is 4.47. The number of alkyl halides is 3. The topological polar surface area (TPSA) is 26.0 Å². The Bertz CT molecular complexity index is 345. The van der Waals surface area contributed by atoms with Gasteiger partial charge in [0.15, 0.2) is 0 Å². The number of halogens is 5. The molecule has 1 aromatic carbocycles. The van der Waals surface area contributed by atoms with Gasteiger partial charge >= 0.3 is 6.18 Å². The van der Waals surface area contributed by atoms with Gasteiger partial charge in [0.2, 0.25) is 0 Å². The lowest BCUT2D eigenvalue weighted by Crippen LogP contribution is -2.37. The standard InChI is InChI=1S/C10H10Cl2F3N/c11-7-2-1-3-8(12)6(7)4-5-9(16)10(13,14)15/h1-3,9H,4-5,16H2. The van der Waals surface area contributed by atoms with Crippen LogP contribution in [0.15, 0.2) is 18.2 Å². The van der Waals surface area contributed by atoms with Crippen LogP contribution in [0.3, 0.4) is 0 Å². The summed E-state index contributed by atoms with van der Waals surface area (Å²) in [6, 6.07) is 2.96. The zero-order valence-corrected chi connectivity index (χ0v) is 9.70. The third-order valence-electron chi connectivity index (χ3n) is 2.19. The first-order valence-corrected chi connectivity index (χ1v) is 5.33. The van der Waals surface area contributed by atoms with Crippen molar-refractivity contribution in [2.45, 2.75) is 25.1 Å². The van der Waals surface area contributed by atoms with E-state index in [9.17, 15) is 13.2 Å². The third-order valence-corrected chi connectivity index (χ3v) is 2.90. The predicted octanol–water partition coefficient (Wildman–Crippen LogP) is 3.82. The van der Waals surface area contributed by atoms with Crippen LogP contribution >= 0.6 is 23.2 Å². The Labute approximate surface area is 101 Å². The molecule has 0 aliphatic rings. The van der Waals surface area contributed by atoms with E-state index in [1.54, 1.807) is 18.2 Å². The fraction of sp³-hybridized carbons (Fsp3) is 0.400. The molecule has 0 saturated carbocycles. The second kappa shape index (κ2) is 5.25. The summed E-state index contributed by atoms with van der Waals surface area (Å²) in [6.45, 7) is 0. The van der Waals surface area contributed by atoms with E-state index in [0.717, 1.165) is 0 Å². The van der Waals surface area contributed by atoms with Gasteiger partial charge in [-0.25, -0.2) is 0 Å². The molecule has 0 aliphatic carbocycles. The van der Waals surface area contributed by atoms with Crippen LogP contribution in [0.25, 0.3) is 0 Å². The van der Waals surface area contributed by atoms with Crippen LogP contribution < -0.4 is 5.73 Å². The Hall–Kier alpha value is -0.450. The molecule has 0 radical (unpaired) electrons. The predicted molar refractivity (Wildman–Crippen MR) is 58.8 cm³/mol. The van der Waals surface area contributed by atoms with E-state index in [4.69, 9.17) is 28.9 Å². The first-order valence-electron chi connectivity index (χ1n) is 4.57. The van der Waals surface area contributed by atoms with E-state index in [0.29, 0.717) is 15.6 Å². The summed E-state index contributed by atoms with van der Waals surface area (Å²) in [5.41, 5.74) is 5.49. The molecular formula is C10H10Cl2F3N. The molecule has 16 heavy (non-hydrogen) atoms. The molecule has 1 nitrogen and oxygen atoms in total. The lowest BCUT2D eigenvalue weighted by Gasteiger charge is -2.16. The number of nitrogens with two attached hydrogens (primary N) is 1. The molecule has 0 aromatic heterocycles. The molecule has 1 rings (SSSR count). The lowest BCUT2D eigenvalue weighted by atomic mass is 10.1. The summed E-state index contributed by atoms with van der Waals surface area (Å²) in [4.78, 5) is 0. The van der Waals surface area contributed by atoms with Crippen LogP contribution in [0, 0.1) is 0 Å². The third kappa shape index (κ3) is 3.54. The van der Waals surface area contributed by atoms with Gasteiger partial charge in [-0.05, 0) is 30.5 Å². The van der Waals surface area contributed by atoms with Gasteiger partial charge in [-0.15, -0.1) is 0 Å². The zero-order chi connectivity index (χ0) is 12.3. The first kappa shape index (κ1) is 13.6. The maximum atomic E-state index is 12.2. The number of hydrogen-bond donors (Lipinski definition) is 1. The summed E-state index contributed by atoms with van der Waals surface area (Å²) in [5, 5.41) is 0.726. The second-order valence-electron chi connectivity index (χ2n) is 3.39. The van der Waals surface area contributed by atoms with Gasteiger partial charge < -0.3 is 5.73 Å². The zero-order valence-electron chi connectivity index (χ0n) is 8.19. The number of benzene rings is 1. The maximum absolute atomic E-state index is 12.2. The van der Waals surface area contributed by atoms with Gasteiger partial charge in [-0.2, -0.15) is 13.2 Å². The molecule has 6 heteroatoms. The molecule has 1 aromatic rings. The van der Waals surface area contributed by atoms with Crippen molar-refractivity contribution in [1.29, 1.82) is 0 Å². The molecule has 0 aliphatic heterocycles. The lowest BCUT2D eigenvalue weighted by molar-refractivity contribution is -0.148. The van der Waals surface area contributed by atoms with Crippen molar-refractivity contribution in [3.8, 4) is 0 Å². The van der Waals surface area contributed by atoms with Gasteiger partial charge in [0.1, 0.15) is 6.04 Å². The molecule has 1 atom stereocenters.